The molecule has 1 saturated heterocycles. The largest absolute Gasteiger partial charge is 0.449 e. The highest BCUT2D eigenvalue weighted by atomic mass is 16.5. The van der Waals surface area contributed by atoms with Crippen LogP contribution in [0.5, 0.6) is 0 Å². The summed E-state index contributed by atoms with van der Waals surface area (Å²) in [6, 6.07) is 3.76. The third-order valence-corrected chi connectivity index (χ3v) is 5.81. The van der Waals surface area contributed by atoms with E-state index < -0.39 is 6.09 Å². The number of likely N-dealkylation sites (N-methyl/N-ethyl adjacent to an activating group) is 1. The number of unbranched alkanes of at least 4 members (excludes halogenated alkanes) is 1. The van der Waals surface area contributed by atoms with Gasteiger partial charge in [-0.1, -0.05) is 6.92 Å². The summed E-state index contributed by atoms with van der Waals surface area (Å²) in [5.41, 5.74) is 5.94. The van der Waals surface area contributed by atoms with Gasteiger partial charge in [0.25, 0.3) is 0 Å². The smallest absolute Gasteiger partial charge is 0.419 e. The lowest BCUT2D eigenvalue weighted by Crippen LogP contribution is -2.52. The van der Waals surface area contributed by atoms with Crippen LogP contribution in [0.2, 0.25) is 0 Å². The fourth-order valence-electron chi connectivity index (χ4n) is 3.96. The van der Waals surface area contributed by atoms with Crippen molar-refractivity contribution in [2.24, 2.45) is 11.7 Å². The average Bonchev–Trinajstić information content (AvgIpc) is 3.21. The van der Waals surface area contributed by atoms with Crippen LogP contribution < -0.4 is 10.6 Å². The number of ether oxygens (including phenoxy) is 1. The number of hydrogen-bond donors (Lipinski definition) is 1. The second-order valence-corrected chi connectivity index (χ2v) is 7.85. The van der Waals surface area contributed by atoms with Crippen LogP contribution in [0.3, 0.4) is 0 Å². The minimum atomic E-state index is -0.487. The predicted octanol–water partition coefficient (Wildman–Crippen LogP) is 1.74. The lowest BCUT2D eigenvalue weighted by molar-refractivity contribution is -0.131. The number of aromatic nitrogens is 3. The Kier molecular flexibility index (Phi) is 7.41. The number of nitrogens with zero attached hydrogens (tertiary/aromatic N) is 6. The van der Waals surface area contributed by atoms with Gasteiger partial charge in [0.15, 0.2) is 5.65 Å². The Morgan fingerprint density at radius 2 is 2.19 bits per heavy atom. The molecule has 0 spiro atoms. The van der Waals surface area contributed by atoms with E-state index in [0.29, 0.717) is 50.0 Å². The van der Waals surface area contributed by atoms with Crippen LogP contribution in [-0.2, 0) is 9.53 Å². The van der Waals surface area contributed by atoms with Gasteiger partial charge in [0, 0.05) is 26.3 Å². The predicted molar refractivity (Wildman–Crippen MR) is 115 cm³/mol. The number of likely N-dealkylation sites (tertiary alicyclic amines) is 1. The first-order valence-corrected chi connectivity index (χ1v) is 10.5. The maximum atomic E-state index is 12.5. The molecule has 0 aromatic carbocycles. The lowest BCUT2D eigenvalue weighted by atomic mass is 9.92. The van der Waals surface area contributed by atoms with E-state index in [4.69, 9.17) is 15.7 Å². The van der Waals surface area contributed by atoms with E-state index in [2.05, 4.69) is 16.9 Å². The van der Waals surface area contributed by atoms with Crippen molar-refractivity contribution in [2.75, 3.05) is 38.2 Å². The fourth-order valence-corrected chi connectivity index (χ4v) is 3.96. The molecule has 10 nitrogen and oxygen atoms in total. The van der Waals surface area contributed by atoms with E-state index in [1.54, 1.807) is 17.2 Å². The summed E-state index contributed by atoms with van der Waals surface area (Å²) >= 11 is 0. The summed E-state index contributed by atoms with van der Waals surface area (Å²) in [5.74, 6) is 0.867. The first-order valence-electron chi connectivity index (χ1n) is 10.5. The Labute approximate surface area is 181 Å². The summed E-state index contributed by atoms with van der Waals surface area (Å²) in [4.78, 5) is 37.2. The molecule has 31 heavy (non-hydrogen) atoms. The van der Waals surface area contributed by atoms with E-state index in [1.165, 1.54) is 10.9 Å². The van der Waals surface area contributed by atoms with E-state index in [9.17, 15) is 9.59 Å². The zero-order valence-electron chi connectivity index (χ0n) is 18.0. The highest BCUT2D eigenvalue weighted by Gasteiger charge is 2.32. The monoisotopic (exact) mass is 427 g/mol. The maximum Gasteiger partial charge on any atom is 0.419 e. The van der Waals surface area contributed by atoms with Gasteiger partial charge in [0.05, 0.1) is 24.1 Å². The summed E-state index contributed by atoms with van der Waals surface area (Å²) in [7, 11) is 1.93. The molecule has 166 valence electrons. The van der Waals surface area contributed by atoms with Crippen molar-refractivity contribution in [2.45, 2.75) is 38.6 Å². The standard InChI is InChI=1S/C21H29N7O3/c1-15-6-10-27(18(29)5-9-23)13-17(15)26(2)19-16-7-11-28(20(16)25-14-24-19)21(30)31-12-4-3-8-22/h7,11,14-15,17H,3-6,8,10,12-13,22H2,1-2H3/t15-,17+/m1/s1. The molecule has 0 bridgehead atoms. The molecular weight excluding hydrogens is 398 g/mol. The molecule has 10 heteroatoms. The lowest BCUT2D eigenvalue weighted by Gasteiger charge is -2.42. The molecule has 1 amide bonds. The van der Waals surface area contributed by atoms with Gasteiger partial charge in [-0.05, 0) is 37.8 Å². The fraction of sp³-hybridized carbons (Fsp3) is 0.571. The summed E-state index contributed by atoms with van der Waals surface area (Å²) in [6.07, 6.45) is 4.82. The molecule has 0 unspecified atom stereocenters. The number of nitrogens with two attached hydrogens (primary N) is 1. The van der Waals surface area contributed by atoms with Crippen LogP contribution >= 0.6 is 0 Å². The van der Waals surface area contributed by atoms with Gasteiger partial charge >= 0.3 is 6.09 Å². The highest BCUT2D eigenvalue weighted by Crippen LogP contribution is 2.29. The second kappa shape index (κ2) is 10.2. The van der Waals surface area contributed by atoms with Gasteiger partial charge in [-0.2, -0.15) is 5.26 Å². The Balaban J connectivity index is 1.80. The van der Waals surface area contributed by atoms with Crippen molar-refractivity contribution in [3.05, 3.63) is 18.6 Å². The van der Waals surface area contributed by atoms with Crippen molar-refractivity contribution in [3.8, 4) is 6.07 Å². The molecule has 0 radical (unpaired) electrons. The SMILES string of the molecule is C[C@@H]1CCN(C(=O)CC#N)C[C@@H]1N(C)c1ncnc2c1ccn2C(=O)OCCCCN. The molecule has 2 aromatic heterocycles. The van der Waals surface area contributed by atoms with Crippen molar-refractivity contribution < 1.29 is 14.3 Å². The zero-order valence-corrected chi connectivity index (χ0v) is 18.0. The molecule has 1 aliphatic heterocycles. The topological polar surface area (TPSA) is 130 Å². The van der Waals surface area contributed by atoms with E-state index in [0.717, 1.165) is 18.2 Å². The number of fused-ring (bicyclic) bond motifs is 1. The number of rotatable bonds is 7. The quantitative estimate of drug-likeness (QED) is 0.661. The van der Waals surface area contributed by atoms with Crippen LogP contribution in [0, 0.1) is 17.2 Å². The maximum absolute atomic E-state index is 12.5. The van der Waals surface area contributed by atoms with E-state index in [-0.39, 0.29) is 18.4 Å². The van der Waals surface area contributed by atoms with E-state index in [1.807, 2.05) is 18.0 Å². The van der Waals surface area contributed by atoms with E-state index >= 15 is 0 Å². The number of carbonyl (C=O) groups excluding carboxylic acids is 2. The van der Waals surface area contributed by atoms with Crippen molar-refractivity contribution >= 4 is 28.9 Å². The minimum Gasteiger partial charge on any atom is -0.449 e. The number of nitriles is 1. The number of hydrogen-bond acceptors (Lipinski definition) is 8. The summed E-state index contributed by atoms with van der Waals surface area (Å²) in [5, 5.41) is 9.58. The first-order chi connectivity index (χ1) is 15.0. The average molecular weight is 428 g/mol. The number of carbonyl (C=O) groups is 2. The van der Waals surface area contributed by atoms with Crippen molar-refractivity contribution in [3.63, 3.8) is 0 Å². The van der Waals surface area contributed by atoms with Crippen LogP contribution in [0.15, 0.2) is 18.6 Å². The number of anilines is 1. The minimum absolute atomic E-state index is 0.0288. The summed E-state index contributed by atoms with van der Waals surface area (Å²) in [6.45, 7) is 4.19. The van der Waals surface area contributed by atoms with Gasteiger partial charge < -0.3 is 20.3 Å². The van der Waals surface area contributed by atoms with Crippen LogP contribution in [0.4, 0.5) is 10.6 Å². The summed E-state index contributed by atoms with van der Waals surface area (Å²) < 4.78 is 6.70. The Bertz CT molecular complexity index is 968. The number of piperidine rings is 1. The second-order valence-electron chi connectivity index (χ2n) is 7.85. The van der Waals surface area contributed by atoms with Crippen molar-refractivity contribution in [1.82, 2.24) is 19.4 Å². The van der Waals surface area contributed by atoms with Crippen LogP contribution in [0.1, 0.15) is 32.6 Å². The third-order valence-electron chi connectivity index (χ3n) is 5.81. The normalized spacial score (nSPS) is 18.6. The first kappa shape index (κ1) is 22.5. The van der Waals surface area contributed by atoms with Gasteiger partial charge in [0.1, 0.15) is 18.6 Å². The molecule has 1 fully saturated rings. The van der Waals surface area contributed by atoms with Gasteiger partial charge in [-0.3, -0.25) is 4.79 Å². The Morgan fingerprint density at radius 3 is 2.94 bits per heavy atom. The van der Waals surface area contributed by atoms with Gasteiger partial charge in [-0.15, -0.1) is 0 Å². The van der Waals surface area contributed by atoms with Crippen LogP contribution in [0.25, 0.3) is 11.0 Å². The molecule has 2 N–H and O–H groups in total. The molecule has 2 aromatic rings. The third kappa shape index (κ3) is 4.94. The zero-order chi connectivity index (χ0) is 22.4. The highest BCUT2D eigenvalue weighted by molar-refractivity contribution is 5.93. The van der Waals surface area contributed by atoms with Gasteiger partial charge in [-0.25, -0.2) is 19.3 Å². The molecule has 0 aliphatic carbocycles. The Hall–Kier alpha value is -3.19. The van der Waals surface area contributed by atoms with Crippen LogP contribution in [-0.4, -0.2) is 70.8 Å². The molecule has 3 heterocycles. The molecule has 0 saturated carbocycles. The molecule has 3 rings (SSSR count). The Morgan fingerprint density at radius 1 is 1.39 bits per heavy atom. The molecule has 2 atom stereocenters. The molecular formula is C21H29N7O3. The van der Waals surface area contributed by atoms with Crippen molar-refractivity contribution in [1.29, 1.82) is 5.26 Å². The molecule has 1 aliphatic rings. The van der Waals surface area contributed by atoms with Gasteiger partial charge in [0.2, 0.25) is 5.91 Å². The number of amides is 1.